The Labute approximate surface area is 195 Å². The maximum Gasteiger partial charge on any atom is 0.155 e. The van der Waals surface area contributed by atoms with Crippen molar-refractivity contribution in [1.82, 2.24) is 29.3 Å². The lowest BCUT2D eigenvalue weighted by molar-refractivity contribution is 0.210. The molecule has 0 saturated carbocycles. The van der Waals surface area contributed by atoms with Crippen LogP contribution in [0.5, 0.6) is 0 Å². The Morgan fingerprint density at radius 2 is 1.94 bits per heavy atom. The number of likely N-dealkylation sites (tertiary alicyclic amines) is 1. The number of aromatic nitrogens is 5. The molecule has 168 valence electrons. The van der Waals surface area contributed by atoms with E-state index in [2.05, 4.69) is 39.7 Å². The lowest BCUT2D eigenvalue weighted by atomic mass is 10.0. The van der Waals surface area contributed by atoms with Gasteiger partial charge < -0.3 is 4.90 Å². The molecule has 0 spiro atoms. The summed E-state index contributed by atoms with van der Waals surface area (Å²) >= 11 is 1.21. The summed E-state index contributed by atoms with van der Waals surface area (Å²) in [6.45, 7) is 6.04. The molecule has 0 unspecified atom stereocenters. The summed E-state index contributed by atoms with van der Waals surface area (Å²) in [5.74, 6) is -0.390. The smallest absolute Gasteiger partial charge is 0.155 e. The number of rotatable bonds is 4. The van der Waals surface area contributed by atoms with Crippen molar-refractivity contribution in [2.24, 2.45) is 0 Å². The molecule has 0 bridgehead atoms. The lowest BCUT2D eigenvalue weighted by Gasteiger charge is -2.29. The van der Waals surface area contributed by atoms with Crippen LogP contribution in [0.25, 0.3) is 16.6 Å². The van der Waals surface area contributed by atoms with Crippen LogP contribution in [0.2, 0.25) is 0 Å². The van der Waals surface area contributed by atoms with Crippen LogP contribution in [0.1, 0.15) is 35.8 Å². The summed E-state index contributed by atoms with van der Waals surface area (Å²) in [5.41, 5.74) is 4.83. The van der Waals surface area contributed by atoms with Crippen molar-refractivity contribution >= 4 is 17.3 Å². The summed E-state index contributed by atoms with van der Waals surface area (Å²) in [6, 6.07) is 7.62. The van der Waals surface area contributed by atoms with E-state index >= 15 is 0 Å². The van der Waals surface area contributed by atoms with Crippen molar-refractivity contribution in [3.05, 3.63) is 59.6 Å². The molecule has 0 atom stereocenters. The predicted molar refractivity (Wildman–Crippen MR) is 125 cm³/mol. The van der Waals surface area contributed by atoms with Crippen molar-refractivity contribution in [2.45, 2.75) is 42.7 Å². The first-order valence-corrected chi connectivity index (χ1v) is 11.7. The number of hydrogen-bond acceptors (Lipinski definition) is 6. The Bertz CT molecular complexity index is 1380. The summed E-state index contributed by atoms with van der Waals surface area (Å²) in [6.07, 6.45) is 7.48. The van der Waals surface area contributed by atoms with E-state index < -0.39 is 5.82 Å². The molecular weight excluding hydrogens is 437 g/mol. The van der Waals surface area contributed by atoms with Crippen molar-refractivity contribution in [2.75, 3.05) is 20.1 Å². The van der Waals surface area contributed by atoms with Gasteiger partial charge in [0.15, 0.2) is 5.82 Å². The van der Waals surface area contributed by atoms with E-state index in [1.807, 2.05) is 25.4 Å². The minimum Gasteiger partial charge on any atom is -0.306 e. The average molecular weight is 462 g/mol. The Morgan fingerprint density at radius 1 is 1.15 bits per heavy atom. The first-order valence-electron chi connectivity index (χ1n) is 10.9. The van der Waals surface area contributed by atoms with Crippen LogP contribution in [-0.4, -0.2) is 49.4 Å². The highest BCUT2D eigenvalue weighted by atomic mass is 32.2. The topological polar surface area (TPSA) is 75.0 Å². The molecule has 0 amide bonds. The van der Waals surface area contributed by atoms with Gasteiger partial charge in [-0.2, -0.15) is 15.5 Å². The monoisotopic (exact) mass is 461 g/mol. The second kappa shape index (κ2) is 8.61. The summed E-state index contributed by atoms with van der Waals surface area (Å²) in [5, 5.41) is 19.0. The zero-order chi connectivity index (χ0) is 23.1. The van der Waals surface area contributed by atoms with Crippen molar-refractivity contribution in [1.29, 1.82) is 5.26 Å². The largest absolute Gasteiger partial charge is 0.306 e. The molecule has 33 heavy (non-hydrogen) atoms. The molecule has 1 aliphatic rings. The highest BCUT2D eigenvalue weighted by Crippen LogP contribution is 2.37. The van der Waals surface area contributed by atoms with Gasteiger partial charge in [-0.05, 0) is 65.0 Å². The number of piperidine rings is 1. The van der Waals surface area contributed by atoms with E-state index in [4.69, 9.17) is 5.10 Å². The molecule has 4 aromatic heterocycles. The number of pyridine rings is 2. The molecule has 7 nitrogen and oxygen atoms in total. The molecule has 5 rings (SSSR count). The Balaban J connectivity index is 1.59. The Hall–Kier alpha value is -3.22. The molecule has 0 N–H and O–H groups in total. The van der Waals surface area contributed by atoms with Crippen LogP contribution in [0.15, 0.2) is 46.7 Å². The van der Waals surface area contributed by atoms with E-state index in [-0.39, 0.29) is 5.03 Å². The van der Waals surface area contributed by atoms with Gasteiger partial charge in [0.25, 0.3) is 0 Å². The minimum atomic E-state index is -0.390. The van der Waals surface area contributed by atoms with Gasteiger partial charge in [-0.25, -0.2) is 13.9 Å². The van der Waals surface area contributed by atoms with Gasteiger partial charge in [0.05, 0.1) is 29.5 Å². The molecule has 0 radical (unpaired) electrons. The maximum absolute atomic E-state index is 14.5. The third-order valence-electron chi connectivity index (χ3n) is 6.25. The third kappa shape index (κ3) is 4.01. The molecular formula is C24H24FN7S. The number of halogens is 1. The standard InChI is InChI=1S/C24H24FN7S/c1-15-4-5-21(25)24(29-15)33-22-10-17(14-31-23(22)18(11-26)12-27-31)20-13-28-32(16(20)2)19-6-8-30(3)9-7-19/h4-5,10,12-14,19H,6-9H2,1-3H3. The molecule has 0 aliphatic carbocycles. The number of hydrogen-bond donors (Lipinski definition) is 0. The fourth-order valence-electron chi connectivity index (χ4n) is 4.40. The second-order valence-corrected chi connectivity index (χ2v) is 9.55. The summed E-state index contributed by atoms with van der Waals surface area (Å²) in [7, 11) is 2.15. The zero-order valence-electron chi connectivity index (χ0n) is 18.8. The summed E-state index contributed by atoms with van der Waals surface area (Å²) in [4.78, 5) is 7.43. The number of nitriles is 1. The first kappa shape index (κ1) is 21.6. The molecule has 1 saturated heterocycles. The SMILES string of the molecule is Cc1ccc(F)c(Sc2cc(-c3cnn(C4CCN(C)CC4)c3C)cn3ncc(C#N)c23)n1. The highest BCUT2D eigenvalue weighted by molar-refractivity contribution is 7.99. The lowest BCUT2D eigenvalue weighted by Crippen LogP contribution is -2.32. The summed E-state index contributed by atoms with van der Waals surface area (Å²) < 4.78 is 18.3. The van der Waals surface area contributed by atoms with Gasteiger partial charge >= 0.3 is 0 Å². The molecule has 0 aromatic carbocycles. The maximum atomic E-state index is 14.5. The van der Waals surface area contributed by atoms with Crippen LogP contribution in [-0.2, 0) is 0 Å². The van der Waals surface area contributed by atoms with Gasteiger partial charge in [0.2, 0.25) is 0 Å². The van der Waals surface area contributed by atoms with Crippen LogP contribution in [0, 0.1) is 31.0 Å². The predicted octanol–water partition coefficient (Wildman–Crippen LogP) is 4.64. The quantitative estimate of drug-likeness (QED) is 0.441. The molecule has 4 aromatic rings. The molecule has 1 aliphatic heterocycles. The third-order valence-corrected chi connectivity index (χ3v) is 7.26. The number of nitrogens with zero attached hydrogens (tertiary/aromatic N) is 7. The van der Waals surface area contributed by atoms with Crippen LogP contribution >= 0.6 is 11.8 Å². The average Bonchev–Trinajstić information content (AvgIpc) is 3.40. The van der Waals surface area contributed by atoms with Crippen molar-refractivity contribution in [3.63, 3.8) is 0 Å². The number of fused-ring (bicyclic) bond motifs is 1. The zero-order valence-corrected chi connectivity index (χ0v) is 19.6. The van der Waals surface area contributed by atoms with Crippen LogP contribution < -0.4 is 0 Å². The van der Waals surface area contributed by atoms with Crippen LogP contribution in [0.3, 0.4) is 0 Å². The fraction of sp³-hybridized carbons (Fsp3) is 0.333. The van der Waals surface area contributed by atoms with Crippen molar-refractivity contribution in [3.8, 4) is 17.2 Å². The normalized spacial score (nSPS) is 15.2. The van der Waals surface area contributed by atoms with Crippen molar-refractivity contribution < 1.29 is 4.39 Å². The van der Waals surface area contributed by atoms with Gasteiger partial charge in [-0.3, -0.25) is 4.68 Å². The van der Waals surface area contributed by atoms with Gasteiger partial charge in [-0.1, -0.05) is 11.8 Å². The first-order chi connectivity index (χ1) is 15.9. The van der Waals surface area contributed by atoms with E-state index in [0.717, 1.165) is 53.3 Å². The fourth-order valence-corrected chi connectivity index (χ4v) is 5.45. The second-order valence-electron chi connectivity index (χ2n) is 8.52. The van der Waals surface area contributed by atoms with E-state index in [9.17, 15) is 9.65 Å². The highest BCUT2D eigenvalue weighted by Gasteiger charge is 2.23. The van der Waals surface area contributed by atoms with Gasteiger partial charge in [0.1, 0.15) is 11.1 Å². The molecule has 5 heterocycles. The van der Waals surface area contributed by atoms with E-state index in [0.29, 0.717) is 17.1 Å². The molecule has 1 fully saturated rings. The number of aryl methyl sites for hydroxylation is 1. The molecule has 9 heteroatoms. The van der Waals surface area contributed by atoms with Crippen LogP contribution in [0.4, 0.5) is 4.39 Å². The Kier molecular flexibility index (Phi) is 5.64. The van der Waals surface area contributed by atoms with Gasteiger partial charge in [0, 0.05) is 33.6 Å². The minimum absolute atomic E-state index is 0.276. The van der Waals surface area contributed by atoms with Gasteiger partial charge in [-0.15, -0.1) is 0 Å². The Morgan fingerprint density at radius 3 is 2.70 bits per heavy atom. The van der Waals surface area contributed by atoms with E-state index in [1.165, 1.54) is 24.0 Å². The van der Waals surface area contributed by atoms with E-state index in [1.54, 1.807) is 10.6 Å².